The third-order valence-corrected chi connectivity index (χ3v) is 6.81. The lowest BCUT2D eigenvalue weighted by Crippen LogP contribution is -2.56. The number of rotatable bonds is 4. The maximum Gasteiger partial charge on any atom is 0.274 e. The van der Waals surface area contributed by atoms with Gasteiger partial charge in [-0.25, -0.2) is 4.98 Å². The molecule has 1 aromatic rings. The van der Waals surface area contributed by atoms with Crippen molar-refractivity contribution in [1.82, 2.24) is 25.1 Å². The highest BCUT2D eigenvalue weighted by Gasteiger charge is 2.57. The fourth-order valence-corrected chi connectivity index (χ4v) is 5.04. The second-order valence-corrected chi connectivity index (χ2v) is 8.47. The molecule has 146 valence electrons. The lowest BCUT2D eigenvalue weighted by molar-refractivity contribution is -0.123. The van der Waals surface area contributed by atoms with Crippen LogP contribution >= 0.6 is 0 Å². The molecule has 0 saturated carbocycles. The van der Waals surface area contributed by atoms with Gasteiger partial charge in [0, 0.05) is 56.6 Å². The van der Waals surface area contributed by atoms with Crippen molar-refractivity contribution >= 4 is 11.8 Å². The molecule has 27 heavy (non-hydrogen) atoms. The van der Waals surface area contributed by atoms with Gasteiger partial charge >= 0.3 is 0 Å². The molecule has 3 atom stereocenters. The summed E-state index contributed by atoms with van der Waals surface area (Å²) in [4.78, 5) is 37.7. The predicted octanol–water partition coefficient (Wildman–Crippen LogP) is 1.18. The van der Waals surface area contributed by atoms with E-state index in [2.05, 4.69) is 34.0 Å². The Labute approximate surface area is 160 Å². The summed E-state index contributed by atoms with van der Waals surface area (Å²) in [6.45, 7) is 8.76. The number of likely N-dealkylation sites (tertiary alicyclic amines) is 2. The van der Waals surface area contributed by atoms with Crippen LogP contribution in [0.5, 0.6) is 0 Å². The van der Waals surface area contributed by atoms with E-state index < -0.39 is 0 Å². The predicted molar refractivity (Wildman–Crippen MR) is 101 cm³/mol. The van der Waals surface area contributed by atoms with Crippen molar-refractivity contribution in [3.05, 3.63) is 24.3 Å². The number of nitrogens with one attached hydrogen (secondary N) is 1. The monoisotopic (exact) mass is 371 g/mol. The van der Waals surface area contributed by atoms with Crippen LogP contribution in [0.3, 0.4) is 0 Å². The first-order chi connectivity index (χ1) is 13.0. The smallest absolute Gasteiger partial charge is 0.274 e. The van der Waals surface area contributed by atoms with Crippen molar-refractivity contribution in [3.63, 3.8) is 0 Å². The van der Waals surface area contributed by atoms with Crippen molar-refractivity contribution in [1.29, 1.82) is 0 Å². The van der Waals surface area contributed by atoms with E-state index >= 15 is 0 Å². The molecule has 7 heteroatoms. The van der Waals surface area contributed by atoms with Gasteiger partial charge < -0.3 is 15.1 Å². The van der Waals surface area contributed by atoms with E-state index in [1.807, 2.05) is 4.90 Å². The molecule has 2 amide bonds. The first kappa shape index (κ1) is 18.3. The second kappa shape index (κ2) is 7.19. The third-order valence-electron chi connectivity index (χ3n) is 6.81. The van der Waals surface area contributed by atoms with Gasteiger partial charge in [0.2, 0.25) is 5.91 Å². The van der Waals surface area contributed by atoms with Crippen LogP contribution in [0.4, 0.5) is 0 Å². The van der Waals surface area contributed by atoms with Gasteiger partial charge in [-0.15, -0.1) is 0 Å². The number of amides is 2. The molecule has 7 nitrogen and oxygen atoms in total. The normalized spacial score (nSPS) is 28.2. The Morgan fingerprint density at radius 1 is 1.33 bits per heavy atom. The van der Waals surface area contributed by atoms with E-state index in [9.17, 15) is 9.59 Å². The molecule has 1 aromatic heterocycles. The van der Waals surface area contributed by atoms with E-state index in [-0.39, 0.29) is 23.3 Å². The number of fused-ring (bicyclic) bond motifs is 2. The van der Waals surface area contributed by atoms with E-state index in [0.29, 0.717) is 30.6 Å². The molecule has 1 spiro atoms. The van der Waals surface area contributed by atoms with Crippen LogP contribution in [-0.2, 0) is 4.79 Å². The van der Waals surface area contributed by atoms with Crippen molar-refractivity contribution < 1.29 is 9.59 Å². The SMILES string of the molecule is CC[C@@H](C)CN1C[C@H]2C(=O)NC3(CCN(C(=O)c4cnccn4)CC3)[C@H]2C1. The Kier molecular flexibility index (Phi) is 4.88. The number of hydrogen-bond donors (Lipinski definition) is 1. The van der Waals surface area contributed by atoms with Crippen LogP contribution < -0.4 is 5.32 Å². The van der Waals surface area contributed by atoms with Crippen LogP contribution in [0, 0.1) is 17.8 Å². The fraction of sp³-hybridized carbons (Fsp3) is 0.700. The molecule has 0 radical (unpaired) electrons. The largest absolute Gasteiger partial charge is 0.350 e. The van der Waals surface area contributed by atoms with Crippen molar-refractivity contribution in [2.45, 2.75) is 38.6 Å². The average molecular weight is 371 g/mol. The third kappa shape index (κ3) is 3.33. The molecule has 0 aromatic carbocycles. The zero-order chi connectivity index (χ0) is 19.0. The number of hydrogen-bond acceptors (Lipinski definition) is 5. The topological polar surface area (TPSA) is 78.4 Å². The summed E-state index contributed by atoms with van der Waals surface area (Å²) in [5.74, 6) is 1.28. The molecule has 3 saturated heterocycles. The Morgan fingerprint density at radius 2 is 2.11 bits per heavy atom. The fourth-order valence-electron chi connectivity index (χ4n) is 5.04. The summed E-state index contributed by atoms with van der Waals surface area (Å²) < 4.78 is 0. The van der Waals surface area contributed by atoms with Crippen molar-refractivity contribution in [3.8, 4) is 0 Å². The van der Waals surface area contributed by atoms with Gasteiger partial charge in [0.05, 0.1) is 12.1 Å². The Morgan fingerprint density at radius 3 is 2.78 bits per heavy atom. The second-order valence-electron chi connectivity index (χ2n) is 8.47. The average Bonchev–Trinajstić information content (AvgIpc) is 3.22. The van der Waals surface area contributed by atoms with Gasteiger partial charge in [0.15, 0.2) is 0 Å². The quantitative estimate of drug-likeness (QED) is 0.860. The van der Waals surface area contributed by atoms with Crippen LogP contribution in [-0.4, -0.2) is 69.8 Å². The lowest BCUT2D eigenvalue weighted by Gasteiger charge is -2.42. The molecule has 0 aliphatic carbocycles. The number of carbonyl (C=O) groups excluding carboxylic acids is 2. The molecule has 0 bridgehead atoms. The first-order valence-corrected chi connectivity index (χ1v) is 10.1. The number of piperidine rings is 1. The Bertz CT molecular complexity index is 702. The molecule has 3 aliphatic rings. The molecule has 3 aliphatic heterocycles. The van der Waals surface area contributed by atoms with Crippen LogP contribution in [0.2, 0.25) is 0 Å². The minimum absolute atomic E-state index is 0.0661. The first-order valence-electron chi connectivity index (χ1n) is 10.1. The summed E-state index contributed by atoms with van der Waals surface area (Å²) in [5, 5.41) is 3.33. The molecular formula is C20H29N5O2. The number of aromatic nitrogens is 2. The van der Waals surface area contributed by atoms with E-state index in [0.717, 1.165) is 32.5 Å². The summed E-state index contributed by atoms with van der Waals surface area (Å²) >= 11 is 0. The van der Waals surface area contributed by atoms with Gasteiger partial charge in [-0.2, -0.15) is 0 Å². The standard InChI is InChI=1S/C20H29N5O2/c1-3-14(2)11-24-12-15-16(13-24)20(23-18(15)26)4-8-25(9-5-20)19(27)17-10-21-6-7-22-17/h6-7,10,14-16H,3-5,8-9,11-13H2,1-2H3,(H,23,26)/t14-,15-,16+/m1/s1. The highest BCUT2D eigenvalue weighted by atomic mass is 16.2. The Hall–Kier alpha value is -2.02. The molecule has 1 N–H and O–H groups in total. The van der Waals surface area contributed by atoms with Crippen molar-refractivity contribution in [2.75, 3.05) is 32.7 Å². The van der Waals surface area contributed by atoms with Crippen molar-refractivity contribution in [2.24, 2.45) is 17.8 Å². The molecule has 3 fully saturated rings. The van der Waals surface area contributed by atoms with Gasteiger partial charge in [-0.3, -0.25) is 14.6 Å². The van der Waals surface area contributed by atoms with Gasteiger partial charge in [0.25, 0.3) is 5.91 Å². The highest BCUT2D eigenvalue weighted by Crippen LogP contribution is 2.44. The zero-order valence-electron chi connectivity index (χ0n) is 16.2. The zero-order valence-corrected chi connectivity index (χ0v) is 16.2. The molecule has 4 rings (SSSR count). The van der Waals surface area contributed by atoms with Crippen LogP contribution in [0.15, 0.2) is 18.6 Å². The maximum atomic E-state index is 12.6. The van der Waals surface area contributed by atoms with Gasteiger partial charge in [0.1, 0.15) is 5.69 Å². The van der Waals surface area contributed by atoms with E-state index in [4.69, 9.17) is 0 Å². The van der Waals surface area contributed by atoms with Gasteiger partial charge in [-0.1, -0.05) is 20.3 Å². The summed E-state index contributed by atoms with van der Waals surface area (Å²) in [6, 6.07) is 0. The minimum Gasteiger partial charge on any atom is -0.350 e. The van der Waals surface area contributed by atoms with Crippen LogP contribution in [0.25, 0.3) is 0 Å². The molecule has 0 unspecified atom stereocenters. The Balaban J connectivity index is 1.42. The summed E-state index contributed by atoms with van der Waals surface area (Å²) in [7, 11) is 0. The highest BCUT2D eigenvalue weighted by molar-refractivity contribution is 5.92. The minimum atomic E-state index is -0.148. The molecule has 4 heterocycles. The van der Waals surface area contributed by atoms with E-state index in [1.165, 1.54) is 12.6 Å². The number of carbonyl (C=O) groups is 2. The van der Waals surface area contributed by atoms with Crippen LogP contribution in [0.1, 0.15) is 43.6 Å². The number of nitrogens with zero attached hydrogens (tertiary/aromatic N) is 4. The summed E-state index contributed by atoms with van der Waals surface area (Å²) in [6.07, 6.45) is 7.45. The van der Waals surface area contributed by atoms with Gasteiger partial charge in [-0.05, 0) is 18.8 Å². The maximum absolute atomic E-state index is 12.6. The van der Waals surface area contributed by atoms with E-state index in [1.54, 1.807) is 12.4 Å². The summed E-state index contributed by atoms with van der Waals surface area (Å²) in [5.41, 5.74) is 0.243. The lowest BCUT2D eigenvalue weighted by atomic mass is 9.75. The molecular weight excluding hydrogens is 342 g/mol.